The summed E-state index contributed by atoms with van der Waals surface area (Å²) in [5, 5.41) is 9.21. The zero-order valence-electron chi connectivity index (χ0n) is 11.5. The molecule has 1 aromatic carbocycles. The van der Waals surface area contributed by atoms with Crippen LogP contribution in [0.2, 0.25) is 0 Å². The van der Waals surface area contributed by atoms with Crippen molar-refractivity contribution in [1.29, 1.82) is 0 Å². The average Bonchev–Trinajstić information content (AvgIpc) is 2.45. The number of carbonyl (C=O) groups excluding carboxylic acids is 1. The van der Waals surface area contributed by atoms with Crippen LogP contribution in [-0.4, -0.2) is 34.7 Å². The van der Waals surface area contributed by atoms with Gasteiger partial charge in [0.2, 0.25) is 0 Å². The second kappa shape index (κ2) is 6.41. The first-order valence-corrected chi connectivity index (χ1v) is 6.78. The first-order chi connectivity index (χ1) is 9.58. The number of hydrogen-bond donors (Lipinski definition) is 1. The quantitative estimate of drug-likeness (QED) is 0.921. The van der Waals surface area contributed by atoms with Crippen LogP contribution in [0.25, 0.3) is 0 Å². The van der Waals surface area contributed by atoms with Crippen molar-refractivity contribution in [3.05, 3.63) is 35.9 Å². The van der Waals surface area contributed by atoms with Gasteiger partial charge in [0, 0.05) is 6.54 Å². The number of nitrogens with zero attached hydrogens (tertiary/aromatic N) is 1. The van der Waals surface area contributed by atoms with Crippen LogP contribution in [-0.2, 0) is 16.1 Å². The Kier molecular flexibility index (Phi) is 4.61. The van der Waals surface area contributed by atoms with Crippen molar-refractivity contribution in [1.82, 2.24) is 4.90 Å². The van der Waals surface area contributed by atoms with Crippen molar-refractivity contribution in [2.75, 3.05) is 6.54 Å². The van der Waals surface area contributed by atoms with Gasteiger partial charge in [-0.15, -0.1) is 0 Å². The molecule has 0 saturated carbocycles. The number of rotatable bonds is 3. The maximum atomic E-state index is 12.0. The minimum Gasteiger partial charge on any atom is -0.480 e. The van der Waals surface area contributed by atoms with Crippen LogP contribution in [0.5, 0.6) is 0 Å². The van der Waals surface area contributed by atoms with Crippen molar-refractivity contribution in [2.45, 2.75) is 32.4 Å². The summed E-state index contributed by atoms with van der Waals surface area (Å²) in [6.45, 7) is 2.60. The van der Waals surface area contributed by atoms with Crippen LogP contribution in [0, 0.1) is 5.92 Å². The first kappa shape index (κ1) is 14.4. The van der Waals surface area contributed by atoms with Gasteiger partial charge in [0.1, 0.15) is 12.6 Å². The van der Waals surface area contributed by atoms with Crippen molar-refractivity contribution in [3.8, 4) is 0 Å². The number of aliphatic carboxylic acids is 1. The molecule has 2 rings (SSSR count). The van der Waals surface area contributed by atoms with E-state index >= 15 is 0 Å². The molecule has 108 valence electrons. The number of benzene rings is 1. The molecule has 1 aliphatic heterocycles. The number of hydrogen-bond acceptors (Lipinski definition) is 3. The highest BCUT2D eigenvalue weighted by Gasteiger charge is 2.35. The molecule has 1 aliphatic rings. The maximum Gasteiger partial charge on any atom is 0.410 e. The van der Waals surface area contributed by atoms with Gasteiger partial charge in [-0.2, -0.15) is 0 Å². The fourth-order valence-corrected chi connectivity index (χ4v) is 2.40. The molecule has 1 saturated heterocycles. The highest BCUT2D eigenvalue weighted by atomic mass is 16.6. The van der Waals surface area contributed by atoms with Gasteiger partial charge in [-0.1, -0.05) is 37.3 Å². The van der Waals surface area contributed by atoms with Crippen LogP contribution in [0.4, 0.5) is 4.79 Å². The van der Waals surface area contributed by atoms with E-state index in [0.29, 0.717) is 18.9 Å². The minimum atomic E-state index is -0.965. The predicted molar refractivity (Wildman–Crippen MR) is 73.2 cm³/mol. The Morgan fingerprint density at radius 1 is 1.35 bits per heavy atom. The Morgan fingerprint density at radius 3 is 2.70 bits per heavy atom. The molecule has 1 fully saturated rings. The van der Waals surface area contributed by atoms with Gasteiger partial charge < -0.3 is 9.84 Å². The third-order valence-corrected chi connectivity index (χ3v) is 3.59. The zero-order chi connectivity index (χ0) is 14.5. The van der Waals surface area contributed by atoms with Gasteiger partial charge in [-0.3, -0.25) is 4.90 Å². The highest BCUT2D eigenvalue weighted by Crippen LogP contribution is 2.23. The van der Waals surface area contributed by atoms with E-state index < -0.39 is 18.1 Å². The average molecular weight is 277 g/mol. The molecular formula is C15H19NO4. The predicted octanol–water partition coefficient (Wildman–Crippen LogP) is 2.51. The lowest BCUT2D eigenvalue weighted by Crippen LogP contribution is -2.49. The van der Waals surface area contributed by atoms with Crippen molar-refractivity contribution < 1.29 is 19.4 Å². The highest BCUT2D eigenvalue weighted by molar-refractivity contribution is 5.80. The number of ether oxygens (including phenoxy) is 1. The Hall–Kier alpha value is -2.04. The summed E-state index contributed by atoms with van der Waals surface area (Å²) in [5.74, 6) is -0.650. The third kappa shape index (κ3) is 3.50. The van der Waals surface area contributed by atoms with Gasteiger partial charge in [-0.25, -0.2) is 9.59 Å². The molecule has 0 spiro atoms. The topological polar surface area (TPSA) is 66.8 Å². The standard InChI is InChI=1S/C15H19NO4/c1-11-7-8-16(13(9-11)14(17)18)15(19)20-10-12-5-3-2-4-6-12/h2-6,11,13H,7-10H2,1H3,(H,17,18)/t11-,13-/m1/s1. The maximum absolute atomic E-state index is 12.0. The van der Waals surface area contributed by atoms with E-state index in [1.165, 1.54) is 4.90 Å². The van der Waals surface area contributed by atoms with E-state index in [9.17, 15) is 14.7 Å². The summed E-state index contributed by atoms with van der Waals surface area (Å²) < 4.78 is 5.21. The van der Waals surface area contributed by atoms with Crippen molar-refractivity contribution in [2.24, 2.45) is 5.92 Å². The van der Waals surface area contributed by atoms with Crippen LogP contribution in [0.3, 0.4) is 0 Å². The SMILES string of the molecule is C[C@@H]1CCN(C(=O)OCc2ccccc2)[C@@H](C(=O)O)C1. The molecule has 0 unspecified atom stereocenters. The Balaban J connectivity index is 1.95. The lowest BCUT2D eigenvalue weighted by molar-refractivity contribution is -0.144. The smallest absolute Gasteiger partial charge is 0.410 e. The van der Waals surface area contributed by atoms with Crippen LogP contribution >= 0.6 is 0 Å². The third-order valence-electron chi connectivity index (χ3n) is 3.59. The molecule has 5 nitrogen and oxygen atoms in total. The lowest BCUT2D eigenvalue weighted by Gasteiger charge is -2.35. The lowest BCUT2D eigenvalue weighted by atomic mass is 9.93. The van der Waals surface area contributed by atoms with Crippen LogP contribution in [0.15, 0.2) is 30.3 Å². The summed E-state index contributed by atoms with van der Waals surface area (Å²) in [5.41, 5.74) is 0.887. The molecule has 0 aliphatic carbocycles. The van der Waals surface area contributed by atoms with E-state index in [1.807, 2.05) is 37.3 Å². The summed E-state index contributed by atoms with van der Waals surface area (Å²) >= 11 is 0. The number of carboxylic acids is 1. The summed E-state index contributed by atoms with van der Waals surface area (Å²) in [4.78, 5) is 24.6. The van der Waals surface area contributed by atoms with E-state index in [1.54, 1.807) is 0 Å². The van der Waals surface area contributed by atoms with Crippen molar-refractivity contribution in [3.63, 3.8) is 0 Å². The van der Waals surface area contributed by atoms with Crippen LogP contribution < -0.4 is 0 Å². The van der Waals surface area contributed by atoms with Gasteiger partial charge in [-0.05, 0) is 24.3 Å². The first-order valence-electron chi connectivity index (χ1n) is 6.78. The van der Waals surface area contributed by atoms with Crippen LogP contribution in [0.1, 0.15) is 25.3 Å². The molecule has 0 aromatic heterocycles. The number of amides is 1. The molecule has 1 amide bonds. The number of likely N-dealkylation sites (tertiary alicyclic amines) is 1. The Morgan fingerprint density at radius 2 is 2.05 bits per heavy atom. The van der Waals surface area contributed by atoms with Gasteiger partial charge in [0.05, 0.1) is 0 Å². The van der Waals surface area contributed by atoms with E-state index in [0.717, 1.165) is 12.0 Å². The zero-order valence-corrected chi connectivity index (χ0v) is 11.5. The van der Waals surface area contributed by atoms with E-state index in [4.69, 9.17) is 4.74 Å². The molecule has 2 atom stereocenters. The normalized spacial score (nSPS) is 22.4. The molecule has 5 heteroatoms. The fraction of sp³-hybridized carbons (Fsp3) is 0.467. The molecule has 1 N–H and O–H groups in total. The largest absolute Gasteiger partial charge is 0.480 e. The second-order valence-electron chi connectivity index (χ2n) is 5.22. The van der Waals surface area contributed by atoms with Gasteiger partial charge in [0.15, 0.2) is 0 Å². The molecule has 0 radical (unpaired) electrons. The Bertz CT molecular complexity index is 474. The van der Waals surface area contributed by atoms with Crippen molar-refractivity contribution >= 4 is 12.1 Å². The molecule has 1 aromatic rings. The fourth-order valence-electron chi connectivity index (χ4n) is 2.40. The van der Waals surface area contributed by atoms with Gasteiger partial charge >= 0.3 is 12.1 Å². The Labute approximate surface area is 118 Å². The molecule has 1 heterocycles. The summed E-state index contributed by atoms with van der Waals surface area (Å²) in [6.07, 6.45) is 0.744. The second-order valence-corrected chi connectivity index (χ2v) is 5.22. The minimum absolute atomic E-state index is 0.165. The molecular weight excluding hydrogens is 258 g/mol. The monoisotopic (exact) mass is 277 g/mol. The van der Waals surface area contributed by atoms with E-state index in [-0.39, 0.29) is 6.61 Å². The number of carboxylic acid groups (broad SMARTS) is 1. The summed E-state index contributed by atoms with van der Waals surface area (Å²) in [7, 11) is 0. The number of piperidine rings is 1. The van der Waals surface area contributed by atoms with E-state index in [2.05, 4.69) is 0 Å². The summed E-state index contributed by atoms with van der Waals surface area (Å²) in [6, 6.07) is 8.57. The number of carbonyl (C=O) groups is 2. The molecule has 20 heavy (non-hydrogen) atoms. The van der Waals surface area contributed by atoms with Gasteiger partial charge in [0.25, 0.3) is 0 Å². The molecule has 0 bridgehead atoms.